The van der Waals surface area contributed by atoms with E-state index in [9.17, 15) is 15.3 Å². The summed E-state index contributed by atoms with van der Waals surface area (Å²) in [5, 5.41) is 32.5. The standard InChI is InChI=1S/C40H34O6/c1-2-44-30-14-18-34-38(22-30)46-37-21-29(43)13-17-33(37)40(34)26-9-5-24(6-10-26)23-3-7-25(8-4-23)39-31-15-11-27(41)19-35(31)45-36-20-28(42)12-16-32(36)39/h3-12,14-22,29,34,38-43H,2,13H2,1H3/p-1. The molecule has 0 amide bonds. The number of fused-ring (bicyclic) bond motifs is 4. The van der Waals surface area contributed by atoms with Gasteiger partial charge in [-0.1, -0.05) is 78.9 Å². The molecule has 0 radical (unpaired) electrons. The molecule has 46 heavy (non-hydrogen) atoms. The highest BCUT2D eigenvalue weighted by Crippen LogP contribution is 2.50. The van der Waals surface area contributed by atoms with Crippen molar-refractivity contribution in [3.63, 3.8) is 0 Å². The number of hydrogen-bond donors (Lipinski definition) is 2. The van der Waals surface area contributed by atoms with E-state index in [4.69, 9.17) is 14.2 Å². The van der Waals surface area contributed by atoms with Crippen molar-refractivity contribution in [3.8, 4) is 34.1 Å². The second-order valence-electron chi connectivity index (χ2n) is 12.2. The number of ether oxygens (including phenoxy) is 3. The Morgan fingerprint density at radius 1 is 0.848 bits per heavy atom. The lowest BCUT2D eigenvalue weighted by Gasteiger charge is -2.42. The summed E-state index contributed by atoms with van der Waals surface area (Å²) in [7, 11) is 0. The number of allylic oxidation sites excluding steroid dienone is 2. The van der Waals surface area contributed by atoms with Crippen LogP contribution in [0, 0.1) is 5.92 Å². The number of phenolic OH excluding ortho intramolecular Hbond substituents is 1. The molecular weight excluding hydrogens is 576 g/mol. The Balaban J connectivity index is 1.10. The number of rotatable bonds is 5. The third-order valence-corrected chi connectivity index (χ3v) is 9.36. The molecule has 4 aromatic carbocycles. The topological polar surface area (TPSA) is 91.2 Å². The predicted octanol–water partition coefficient (Wildman–Crippen LogP) is 7.58. The first-order chi connectivity index (χ1) is 22.4. The Morgan fingerprint density at radius 3 is 2.28 bits per heavy atom. The van der Waals surface area contributed by atoms with Crippen molar-refractivity contribution >= 4 is 0 Å². The van der Waals surface area contributed by atoms with E-state index in [1.165, 1.54) is 11.6 Å². The summed E-state index contributed by atoms with van der Waals surface area (Å²) in [5.74, 6) is 2.70. The molecule has 6 nitrogen and oxygen atoms in total. The Kier molecular flexibility index (Phi) is 6.95. The van der Waals surface area contributed by atoms with E-state index in [-0.39, 0.29) is 35.4 Å². The van der Waals surface area contributed by atoms with Gasteiger partial charge in [-0.15, -0.1) is 5.75 Å². The number of aliphatic hydroxyl groups excluding tert-OH is 1. The minimum atomic E-state index is -0.546. The lowest BCUT2D eigenvalue weighted by molar-refractivity contribution is -0.268. The molecule has 1 fully saturated rings. The molecule has 2 heterocycles. The van der Waals surface area contributed by atoms with Crippen LogP contribution in [0.25, 0.3) is 11.1 Å². The van der Waals surface area contributed by atoms with Crippen LogP contribution in [0.2, 0.25) is 0 Å². The highest BCUT2D eigenvalue weighted by Gasteiger charge is 2.41. The van der Waals surface area contributed by atoms with Gasteiger partial charge in [0, 0.05) is 34.9 Å². The monoisotopic (exact) mass is 609 g/mol. The number of aromatic hydroxyl groups is 1. The third-order valence-electron chi connectivity index (χ3n) is 9.36. The third kappa shape index (κ3) is 4.95. The number of phenols is 1. The summed E-state index contributed by atoms with van der Waals surface area (Å²) in [4.78, 5) is 0. The van der Waals surface area contributed by atoms with Gasteiger partial charge >= 0.3 is 0 Å². The molecule has 4 aliphatic rings. The highest BCUT2D eigenvalue weighted by molar-refractivity contribution is 5.67. The zero-order chi connectivity index (χ0) is 31.4. The van der Waals surface area contributed by atoms with Gasteiger partial charge in [-0.25, -0.2) is 0 Å². The molecule has 0 spiro atoms. The predicted molar refractivity (Wildman–Crippen MR) is 174 cm³/mol. The fraction of sp³-hybridized carbons (Fsp3) is 0.200. The molecule has 5 atom stereocenters. The molecule has 2 N–H and O–H groups in total. The van der Waals surface area contributed by atoms with Gasteiger partial charge in [0.15, 0.2) is 0 Å². The highest BCUT2D eigenvalue weighted by atomic mass is 16.5. The molecule has 230 valence electrons. The maximum Gasteiger partial charge on any atom is 0.135 e. The van der Waals surface area contributed by atoms with Crippen molar-refractivity contribution in [1.82, 2.24) is 0 Å². The molecule has 8 rings (SSSR count). The summed E-state index contributed by atoms with van der Waals surface area (Å²) >= 11 is 0. The second kappa shape index (κ2) is 11.3. The normalized spacial score (nSPS) is 24.0. The van der Waals surface area contributed by atoms with Gasteiger partial charge in [0.25, 0.3) is 0 Å². The Hall–Kier alpha value is -5.20. The average Bonchev–Trinajstić information content (AvgIpc) is 3.06. The van der Waals surface area contributed by atoms with Crippen LogP contribution in [0.5, 0.6) is 23.0 Å². The van der Waals surface area contributed by atoms with E-state index in [1.807, 2.05) is 37.3 Å². The average molecular weight is 610 g/mol. The molecule has 2 aliphatic heterocycles. The van der Waals surface area contributed by atoms with Crippen LogP contribution in [-0.2, 0) is 9.47 Å². The first-order valence-corrected chi connectivity index (χ1v) is 15.8. The fourth-order valence-corrected chi connectivity index (χ4v) is 7.24. The van der Waals surface area contributed by atoms with E-state index in [0.717, 1.165) is 44.9 Å². The molecule has 0 saturated carbocycles. The molecule has 0 bridgehead atoms. The minimum Gasteiger partial charge on any atom is -0.872 e. The lowest BCUT2D eigenvalue weighted by Crippen LogP contribution is -2.36. The van der Waals surface area contributed by atoms with Crippen molar-refractivity contribution in [2.75, 3.05) is 6.61 Å². The van der Waals surface area contributed by atoms with Gasteiger partial charge in [0.1, 0.15) is 34.9 Å². The zero-order valence-electron chi connectivity index (χ0n) is 25.3. The molecule has 0 aromatic heterocycles. The fourth-order valence-electron chi connectivity index (χ4n) is 7.24. The largest absolute Gasteiger partial charge is 0.872 e. The summed E-state index contributed by atoms with van der Waals surface area (Å²) in [6.45, 7) is 2.56. The first kappa shape index (κ1) is 28.3. The van der Waals surface area contributed by atoms with E-state index in [0.29, 0.717) is 24.5 Å². The van der Waals surface area contributed by atoms with E-state index in [2.05, 4.69) is 60.7 Å². The van der Waals surface area contributed by atoms with E-state index < -0.39 is 6.10 Å². The van der Waals surface area contributed by atoms with E-state index in [1.54, 1.807) is 18.2 Å². The van der Waals surface area contributed by atoms with Gasteiger partial charge in [0.05, 0.1) is 12.7 Å². The summed E-state index contributed by atoms with van der Waals surface area (Å²) in [5.41, 5.74) is 7.44. The van der Waals surface area contributed by atoms with Gasteiger partial charge in [0.2, 0.25) is 0 Å². The van der Waals surface area contributed by atoms with Crippen molar-refractivity contribution in [3.05, 3.63) is 155 Å². The SMILES string of the molecule is CCOC1=CC2OC3=CC(O)CC=C3C(c3ccc(-c4ccc(C5c6ccc([O-])cc6Oc6cc(O)ccc65)cc4)cc3)C2C=C1. The summed E-state index contributed by atoms with van der Waals surface area (Å²) in [6.07, 6.45) is 10.1. The quantitative estimate of drug-likeness (QED) is 0.214. The minimum absolute atomic E-state index is 0.0901. The van der Waals surface area contributed by atoms with Crippen LogP contribution < -0.4 is 9.84 Å². The number of hydrogen-bond acceptors (Lipinski definition) is 6. The Bertz CT molecular complexity index is 1880. The Morgan fingerprint density at radius 2 is 1.54 bits per heavy atom. The molecule has 1 saturated heterocycles. The summed E-state index contributed by atoms with van der Waals surface area (Å²) < 4.78 is 18.2. The van der Waals surface area contributed by atoms with Crippen LogP contribution in [0.3, 0.4) is 0 Å². The van der Waals surface area contributed by atoms with Crippen LogP contribution >= 0.6 is 0 Å². The maximum absolute atomic E-state index is 12.1. The van der Waals surface area contributed by atoms with Crippen LogP contribution in [0.15, 0.2) is 132 Å². The number of aliphatic hydroxyl groups is 1. The molecule has 5 unspecified atom stereocenters. The lowest BCUT2D eigenvalue weighted by atomic mass is 9.72. The van der Waals surface area contributed by atoms with Crippen molar-refractivity contribution < 1.29 is 29.5 Å². The van der Waals surface area contributed by atoms with Crippen LogP contribution in [0.4, 0.5) is 0 Å². The van der Waals surface area contributed by atoms with Crippen molar-refractivity contribution in [2.45, 2.75) is 37.4 Å². The summed E-state index contributed by atoms with van der Waals surface area (Å²) in [6, 6.07) is 27.3. The smallest absolute Gasteiger partial charge is 0.135 e. The zero-order valence-corrected chi connectivity index (χ0v) is 25.3. The molecule has 6 heteroatoms. The second-order valence-corrected chi connectivity index (χ2v) is 12.2. The van der Waals surface area contributed by atoms with Gasteiger partial charge in [-0.2, -0.15) is 0 Å². The van der Waals surface area contributed by atoms with Gasteiger partial charge < -0.3 is 29.5 Å². The van der Waals surface area contributed by atoms with Crippen LogP contribution in [-0.4, -0.2) is 29.0 Å². The van der Waals surface area contributed by atoms with E-state index >= 15 is 0 Å². The number of benzene rings is 4. The van der Waals surface area contributed by atoms with Gasteiger partial charge in [-0.3, -0.25) is 0 Å². The maximum atomic E-state index is 12.1. The van der Waals surface area contributed by atoms with Crippen molar-refractivity contribution in [1.29, 1.82) is 0 Å². The Labute approximate surface area is 267 Å². The molecule has 2 aliphatic carbocycles. The van der Waals surface area contributed by atoms with Gasteiger partial charge in [-0.05, 0) is 71.5 Å². The van der Waals surface area contributed by atoms with Crippen molar-refractivity contribution in [2.24, 2.45) is 5.92 Å². The first-order valence-electron chi connectivity index (χ1n) is 15.8. The molecule has 4 aromatic rings. The van der Waals surface area contributed by atoms with Crippen LogP contribution in [0.1, 0.15) is 47.4 Å². The molecular formula is C40H33O6-.